The summed E-state index contributed by atoms with van der Waals surface area (Å²) in [6.45, 7) is 5.89. The van der Waals surface area contributed by atoms with E-state index in [4.69, 9.17) is 0 Å². The molecule has 1 N–H and O–H groups in total. The van der Waals surface area contributed by atoms with Gasteiger partial charge in [0.05, 0.1) is 0 Å². The molecule has 0 spiro atoms. The smallest absolute Gasteiger partial charge is 0.355 e. The molecule has 2 aromatic heterocycles. The van der Waals surface area contributed by atoms with Crippen LogP contribution in [0.3, 0.4) is 0 Å². The minimum Gasteiger partial charge on any atom is -0.355 e. The van der Waals surface area contributed by atoms with Crippen molar-refractivity contribution in [3.05, 3.63) is 58.7 Å². The summed E-state index contributed by atoms with van der Waals surface area (Å²) >= 11 is 0. The highest BCUT2D eigenvalue weighted by atomic mass is 19.4. The predicted octanol–water partition coefficient (Wildman–Crippen LogP) is 3.61. The van der Waals surface area contributed by atoms with Crippen LogP contribution in [0.15, 0.2) is 30.3 Å². The van der Waals surface area contributed by atoms with Crippen LogP contribution >= 0.6 is 0 Å². The van der Waals surface area contributed by atoms with E-state index < -0.39 is 12.0 Å². The molecule has 0 aliphatic heterocycles. The highest BCUT2D eigenvalue weighted by Gasteiger charge is 2.36. The fraction of sp³-hybridized carbons (Fsp3) is 0.400. The molecule has 6 nitrogen and oxygen atoms in total. The molecule has 0 saturated heterocycles. The van der Waals surface area contributed by atoms with Crippen LogP contribution in [0, 0.1) is 13.8 Å². The van der Waals surface area contributed by atoms with Gasteiger partial charge in [-0.1, -0.05) is 37.3 Å². The molecule has 1 unspecified atom stereocenters. The first-order chi connectivity index (χ1) is 13.7. The number of nitrogens with zero attached hydrogens (tertiary/aromatic N) is 4. The molecule has 0 aliphatic rings. The zero-order valence-electron chi connectivity index (χ0n) is 16.4. The van der Waals surface area contributed by atoms with E-state index in [2.05, 4.69) is 20.4 Å². The van der Waals surface area contributed by atoms with Crippen LogP contribution in [0.25, 0.3) is 5.78 Å². The number of carbonyl (C=O) groups excluding carboxylic acids is 1. The molecule has 0 radical (unpaired) electrons. The molecule has 3 aromatic rings. The van der Waals surface area contributed by atoms with E-state index in [1.807, 2.05) is 37.3 Å². The van der Waals surface area contributed by atoms with E-state index in [1.165, 1.54) is 0 Å². The Balaban J connectivity index is 1.66. The topological polar surface area (TPSA) is 72.2 Å². The monoisotopic (exact) mass is 405 g/mol. The van der Waals surface area contributed by atoms with Gasteiger partial charge in [-0.3, -0.25) is 4.79 Å². The first-order valence-corrected chi connectivity index (χ1v) is 9.28. The van der Waals surface area contributed by atoms with Crippen molar-refractivity contribution < 1.29 is 18.0 Å². The Morgan fingerprint density at radius 3 is 2.52 bits per heavy atom. The SMILES string of the molecule is Cc1nc2nc(C(F)(F)F)nn2c(C)c1CCC(=O)NCC(C)c1ccccc1. The Morgan fingerprint density at radius 1 is 1.17 bits per heavy atom. The Bertz CT molecular complexity index is 1010. The maximum absolute atomic E-state index is 12.9. The Morgan fingerprint density at radius 2 is 1.86 bits per heavy atom. The van der Waals surface area contributed by atoms with Gasteiger partial charge >= 0.3 is 6.18 Å². The van der Waals surface area contributed by atoms with Crippen molar-refractivity contribution in [3.8, 4) is 0 Å². The lowest BCUT2D eigenvalue weighted by Crippen LogP contribution is -2.27. The molecule has 3 rings (SSSR count). The van der Waals surface area contributed by atoms with Gasteiger partial charge in [-0.05, 0) is 37.3 Å². The summed E-state index contributed by atoms with van der Waals surface area (Å²) in [4.78, 5) is 19.8. The molecular weight excluding hydrogens is 383 g/mol. The fourth-order valence-electron chi connectivity index (χ4n) is 3.18. The van der Waals surface area contributed by atoms with Crippen LogP contribution in [0.5, 0.6) is 0 Å². The van der Waals surface area contributed by atoms with Crippen molar-refractivity contribution in [1.82, 2.24) is 24.9 Å². The standard InChI is InChI=1S/C20H22F3N5O/c1-12(15-7-5-4-6-8-15)11-24-17(29)10-9-16-13(2)25-19-26-18(20(21,22)23)27-28(19)14(16)3/h4-8,12H,9-11H2,1-3H3,(H,24,29). The highest BCUT2D eigenvalue weighted by molar-refractivity contribution is 5.76. The van der Waals surface area contributed by atoms with Gasteiger partial charge < -0.3 is 5.32 Å². The third kappa shape index (κ3) is 4.72. The van der Waals surface area contributed by atoms with Gasteiger partial charge in [0.15, 0.2) is 0 Å². The second-order valence-corrected chi connectivity index (χ2v) is 7.02. The van der Waals surface area contributed by atoms with Gasteiger partial charge in [0.25, 0.3) is 11.6 Å². The van der Waals surface area contributed by atoms with E-state index in [0.29, 0.717) is 29.9 Å². The van der Waals surface area contributed by atoms with Crippen molar-refractivity contribution in [2.75, 3.05) is 6.54 Å². The highest BCUT2D eigenvalue weighted by Crippen LogP contribution is 2.27. The molecule has 154 valence electrons. The molecule has 1 aromatic carbocycles. The number of carbonyl (C=O) groups is 1. The first kappa shape index (κ1) is 20.8. The Kier molecular flexibility index (Phi) is 5.86. The van der Waals surface area contributed by atoms with E-state index in [1.54, 1.807) is 13.8 Å². The van der Waals surface area contributed by atoms with Crippen molar-refractivity contribution in [2.45, 2.75) is 45.7 Å². The van der Waals surface area contributed by atoms with Crippen LogP contribution in [-0.2, 0) is 17.4 Å². The number of hydrogen-bond donors (Lipinski definition) is 1. The number of amides is 1. The summed E-state index contributed by atoms with van der Waals surface area (Å²) in [5, 5.41) is 6.43. The quantitative estimate of drug-likeness (QED) is 0.680. The van der Waals surface area contributed by atoms with Crippen LogP contribution in [0.2, 0.25) is 0 Å². The largest absolute Gasteiger partial charge is 0.453 e. The van der Waals surface area contributed by atoms with Crippen LogP contribution in [0.1, 0.15) is 47.6 Å². The van der Waals surface area contributed by atoms with Gasteiger partial charge in [-0.15, -0.1) is 5.10 Å². The average Bonchev–Trinajstić information content (AvgIpc) is 3.11. The number of nitrogens with one attached hydrogen (secondary N) is 1. The molecular formula is C20H22F3N5O. The maximum atomic E-state index is 12.9. The van der Waals surface area contributed by atoms with E-state index in [9.17, 15) is 18.0 Å². The van der Waals surface area contributed by atoms with Crippen molar-refractivity contribution in [3.63, 3.8) is 0 Å². The van der Waals surface area contributed by atoms with Gasteiger partial charge in [0.2, 0.25) is 5.91 Å². The molecule has 1 atom stereocenters. The fourth-order valence-corrected chi connectivity index (χ4v) is 3.18. The predicted molar refractivity (Wildman–Crippen MR) is 101 cm³/mol. The number of alkyl halides is 3. The minimum absolute atomic E-state index is 0.0998. The molecule has 0 fully saturated rings. The Labute approximate surface area is 166 Å². The zero-order valence-corrected chi connectivity index (χ0v) is 16.4. The van der Waals surface area contributed by atoms with Crippen molar-refractivity contribution in [2.24, 2.45) is 0 Å². The molecule has 29 heavy (non-hydrogen) atoms. The number of hydrogen-bond acceptors (Lipinski definition) is 4. The maximum Gasteiger partial charge on any atom is 0.453 e. The van der Waals surface area contributed by atoms with Crippen LogP contribution < -0.4 is 5.32 Å². The molecule has 0 saturated carbocycles. The number of benzene rings is 1. The van der Waals surface area contributed by atoms with Crippen LogP contribution in [0.4, 0.5) is 13.2 Å². The zero-order chi connectivity index (χ0) is 21.2. The lowest BCUT2D eigenvalue weighted by atomic mass is 10.0. The summed E-state index contributed by atoms with van der Waals surface area (Å²) in [5.41, 5.74) is 2.88. The first-order valence-electron chi connectivity index (χ1n) is 9.28. The molecule has 2 heterocycles. The summed E-state index contributed by atoms with van der Waals surface area (Å²) < 4.78 is 39.7. The minimum atomic E-state index is -4.64. The van der Waals surface area contributed by atoms with Crippen LogP contribution in [-0.4, -0.2) is 32.0 Å². The van der Waals surface area contributed by atoms with E-state index in [-0.39, 0.29) is 24.0 Å². The van der Waals surface area contributed by atoms with E-state index in [0.717, 1.165) is 10.1 Å². The van der Waals surface area contributed by atoms with E-state index >= 15 is 0 Å². The molecule has 9 heteroatoms. The summed E-state index contributed by atoms with van der Waals surface area (Å²) in [6, 6.07) is 9.88. The third-order valence-corrected chi connectivity index (χ3v) is 4.88. The molecule has 0 aliphatic carbocycles. The van der Waals surface area contributed by atoms with Crippen molar-refractivity contribution in [1.29, 1.82) is 0 Å². The normalized spacial score (nSPS) is 12.9. The van der Waals surface area contributed by atoms with Gasteiger partial charge in [0.1, 0.15) is 0 Å². The van der Waals surface area contributed by atoms with Crippen molar-refractivity contribution >= 4 is 11.7 Å². The van der Waals surface area contributed by atoms with Gasteiger partial charge in [-0.2, -0.15) is 18.2 Å². The summed E-state index contributed by atoms with van der Waals surface area (Å²) in [7, 11) is 0. The molecule has 0 bridgehead atoms. The number of halogens is 3. The summed E-state index contributed by atoms with van der Waals surface area (Å²) in [6.07, 6.45) is -4.08. The second kappa shape index (κ2) is 8.18. The number of rotatable bonds is 6. The lowest BCUT2D eigenvalue weighted by Gasteiger charge is -2.14. The second-order valence-electron chi connectivity index (χ2n) is 7.02. The summed E-state index contributed by atoms with van der Waals surface area (Å²) in [5.74, 6) is -1.27. The van der Waals surface area contributed by atoms with Gasteiger partial charge in [-0.25, -0.2) is 9.50 Å². The lowest BCUT2D eigenvalue weighted by molar-refractivity contribution is -0.144. The molecule has 1 amide bonds. The number of aromatic nitrogens is 4. The number of aryl methyl sites for hydroxylation is 2. The Hall–Kier alpha value is -2.97. The average molecular weight is 405 g/mol. The van der Waals surface area contributed by atoms with Gasteiger partial charge in [0, 0.05) is 24.4 Å². The third-order valence-electron chi connectivity index (χ3n) is 4.88. The number of fused-ring (bicyclic) bond motifs is 1.